The predicted octanol–water partition coefficient (Wildman–Crippen LogP) is 2.82. The van der Waals surface area contributed by atoms with Crippen LogP contribution in [0.1, 0.15) is 22.5 Å². The van der Waals surface area contributed by atoms with Gasteiger partial charge in [0.25, 0.3) is 11.8 Å². The van der Waals surface area contributed by atoms with Crippen molar-refractivity contribution in [3.8, 4) is 6.07 Å². The lowest BCUT2D eigenvalue weighted by Gasteiger charge is -2.34. The Labute approximate surface area is 191 Å². The third-order valence-electron chi connectivity index (χ3n) is 6.76. The molecule has 4 heterocycles. The Balaban J connectivity index is 1.37. The van der Waals surface area contributed by atoms with Crippen molar-refractivity contribution in [1.82, 2.24) is 14.8 Å². The molecule has 6 rings (SSSR count). The summed E-state index contributed by atoms with van der Waals surface area (Å²) in [5, 5.41) is 10.4. The number of pyridine rings is 1. The zero-order valence-corrected chi connectivity index (χ0v) is 17.5. The average molecular weight is 459 g/mol. The first-order chi connectivity index (χ1) is 16.4. The number of imide groups is 1. The van der Waals surface area contributed by atoms with Crippen LogP contribution in [0.3, 0.4) is 0 Å². The summed E-state index contributed by atoms with van der Waals surface area (Å²) in [7, 11) is 0. The Bertz CT molecular complexity index is 1450. The molecule has 3 saturated heterocycles. The maximum absolute atomic E-state index is 13.7. The Hall–Kier alpha value is -4.39. The Morgan fingerprint density at radius 2 is 1.79 bits per heavy atom. The molecule has 10 heteroatoms. The normalized spacial score (nSPS) is 23.1. The van der Waals surface area contributed by atoms with Crippen molar-refractivity contribution < 1.29 is 23.2 Å². The summed E-state index contributed by atoms with van der Waals surface area (Å²) >= 11 is 0. The van der Waals surface area contributed by atoms with Crippen LogP contribution in [0.5, 0.6) is 0 Å². The van der Waals surface area contributed by atoms with Crippen LogP contribution in [-0.4, -0.2) is 57.3 Å². The second-order valence-electron chi connectivity index (χ2n) is 8.53. The molecule has 0 aliphatic carbocycles. The molecule has 2 bridgehead atoms. The van der Waals surface area contributed by atoms with E-state index in [0.29, 0.717) is 23.3 Å². The maximum Gasteiger partial charge on any atom is 0.332 e. The van der Waals surface area contributed by atoms with Crippen LogP contribution in [0.15, 0.2) is 48.7 Å². The molecule has 3 atom stereocenters. The van der Waals surface area contributed by atoms with E-state index >= 15 is 0 Å². The van der Waals surface area contributed by atoms with E-state index in [1.807, 2.05) is 6.07 Å². The topological polar surface area (TPSA) is 97.6 Å². The van der Waals surface area contributed by atoms with Crippen molar-refractivity contribution in [1.29, 1.82) is 5.26 Å². The summed E-state index contributed by atoms with van der Waals surface area (Å²) in [5.74, 6) is -2.83. The molecule has 0 saturated carbocycles. The highest BCUT2D eigenvalue weighted by atomic mass is 19.1. The summed E-state index contributed by atoms with van der Waals surface area (Å²) in [6.07, 6.45) is 1.74. The lowest BCUT2D eigenvalue weighted by Crippen LogP contribution is -2.54. The van der Waals surface area contributed by atoms with Gasteiger partial charge >= 0.3 is 6.03 Å². The van der Waals surface area contributed by atoms with Gasteiger partial charge in [0.1, 0.15) is 29.4 Å². The van der Waals surface area contributed by atoms with Crippen LogP contribution in [0.25, 0.3) is 10.8 Å². The van der Waals surface area contributed by atoms with Gasteiger partial charge in [-0.2, -0.15) is 5.26 Å². The van der Waals surface area contributed by atoms with Gasteiger partial charge < -0.3 is 9.80 Å². The minimum Gasteiger partial charge on any atom is -0.331 e. The first-order valence-electron chi connectivity index (χ1n) is 10.6. The first-order valence-corrected chi connectivity index (χ1v) is 10.6. The lowest BCUT2D eigenvalue weighted by molar-refractivity contribution is -0.121. The SMILES string of the molecule is N#Cc1ncc(N2C(=O)C3C4CC(CN4C(=O)c4cc(F)cc(F)c4)N3C2=O)c2ccccc12. The monoisotopic (exact) mass is 459 g/mol. The van der Waals surface area contributed by atoms with E-state index in [2.05, 4.69) is 4.98 Å². The molecular weight excluding hydrogens is 444 g/mol. The number of likely N-dealkylation sites (tertiary alicyclic amines) is 1. The fraction of sp³-hybridized carbons (Fsp3) is 0.208. The Morgan fingerprint density at radius 3 is 2.50 bits per heavy atom. The van der Waals surface area contributed by atoms with Crippen LogP contribution in [0.2, 0.25) is 0 Å². The number of halogens is 2. The van der Waals surface area contributed by atoms with E-state index in [0.717, 1.165) is 17.0 Å². The van der Waals surface area contributed by atoms with Gasteiger partial charge in [-0.05, 0) is 18.6 Å². The van der Waals surface area contributed by atoms with E-state index in [-0.39, 0.29) is 23.5 Å². The van der Waals surface area contributed by atoms with Gasteiger partial charge in [-0.3, -0.25) is 9.59 Å². The third-order valence-corrected chi connectivity index (χ3v) is 6.76. The van der Waals surface area contributed by atoms with Crippen LogP contribution >= 0.6 is 0 Å². The number of aromatic nitrogens is 1. The number of fused-ring (bicyclic) bond motifs is 6. The second kappa shape index (κ2) is 7.05. The quantitative estimate of drug-likeness (QED) is 0.549. The zero-order chi connectivity index (χ0) is 23.7. The highest BCUT2D eigenvalue weighted by molar-refractivity contribution is 6.25. The van der Waals surface area contributed by atoms with E-state index in [9.17, 15) is 28.4 Å². The van der Waals surface area contributed by atoms with Gasteiger partial charge in [-0.1, -0.05) is 24.3 Å². The van der Waals surface area contributed by atoms with Crippen LogP contribution in [-0.2, 0) is 4.79 Å². The number of urea groups is 1. The number of rotatable bonds is 2. The molecule has 4 amide bonds. The average Bonchev–Trinajstić information content (AvgIpc) is 3.49. The second-order valence-corrected chi connectivity index (χ2v) is 8.53. The van der Waals surface area contributed by atoms with Crippen molar-refractivity contribution in [3.63, 3.8) is 0 Å². The molecule has 8 nitrogen and oxygen atoms in total. The number of piperazine rings is 1. The number of hydrogen-bond acceptors (Lipinski definition) is 5. The van der Waals surface area contributed by atoms with Crippen molar-refractivity contribution in [3.05, 3.63) is 71.6 Å². The van der Waals surface area contributed by atoms with Gasteiger partial charge in [0.05, 0.1) is 24.0 Å². The Morgan fingerprint density at radius 1 is 1.09 bits per heavy atom. The Kier molecular flexibility index (Phi) is 4.20. The molecular formula is C24H15F2N5O3. The number of nitriles is 1. The first kappa shape index (κ1) is 20.2. The molecule has 0 radical (unpaired) electrons. The van der Waals surface area contributed by atoms with Gasteiger partial charge in [0, 0.05) is 28.9 Å². The number of hydrogen-bond donors (Lipinski definition) is 0. The highest BCUT2D eigenvalue weighted by Gasteiger charge is 2.63. The molecule has 3 aliphatic heterocycles. The summed E-state index contributed by atoms with van der Waals surface area (Å²) in [6.45, 7) is 0.164. The maximum atomic E-state index is 13.7. The molecule has 34 heavy (non-hydrogen) atoms. The number of amides is 4. The molecule has 0 spiro atoms. The molecule has 2 aromatic carbocycles. The van der Waals surface area contributed by atoms with Gasteiger partial charge in [0.2, 0.25) is 0 Å². The van der Waals surface area contributed by atoms with Crippen LogP contribution in [0, 0.1) is 23.0 Å². The van der Waals surface area contributed by atoms with Gasteiger partial charge in [-0.25, -0.2) is 23.5 Å². The van der Waals surface area contributed by atoms with Crippen molar-refractivity contribution in [2.45, 2.75) is 24.5 Å². The summed E-state index contributed by atoms with van der Waals surface area (Å²) in [6, 6.07) is 9.07. The fourth-order valence-electron chi connectivity index (χ4n) is 5.40. The molecule has 3 unspecified atom stereocenters. The van der Waals surface area contributed by atoms with Gasteiger partial charge in [-0.15, -0.1) is 0 Å². The molecule has 1 aromatic heterocycles. The third kappa shape index (κ3) is 2.67. The van der Waals surface area contributed by atoms with Crippen LogP contribution < -0.4 is 4.90 Å². The minimum atomic E-state index is -0.900. The molecule has 3 aliphatic rings. The van der Waals surface area contributed by atoms with Gasteiger partial charge in [0.15, 0.2) is 0 Å². The van der Waals surface area contributed by atoms with E-state index in [1.165, 1.54) is 16.0 Å². The number of anilines is 1. The largest absolute Gasteiger partial charge is 0.332 e. The van der Waals surface area contributed by atoms with Crippen molar-refractivity contribution >= 4 is 34.3 Å². The standard InChI is InChI=1S/C24H15F2N5O3/c25-13-5-12(6-14(26)7-13)22(32)29-11-15-8-19(29)21-23(33)31(24(34)30(15)21)20-10-28-18(9-27)16-3-1-2-4-17(16)20/h1-7,10,15,19,21H,8,11H2. The van der Waals surface area contributed by atoms with Crippen molar-refractivity contribution in [2.75, 3.05) is 11.4 Å². The summed E-state index contributed by atoms with van der Waals surface area (Å²) < 4.78 is 27.3. The summed E-state index contributed by atoms with van der Waals surface area (Å²) in [5.41, 5.74) is 0.300. The zero-order valence-electron chi connectivity index (χ0n) is 17.5. The number of nitrogens with zero attached hydrogens (tertiary/aromatic N) is 5. The number of carbonyl (C=O) groups excluding carboxylic acids is 3. The number of carbonyl (C=O) groups is 3. The van der Waals surface area contributed by atoms with E-state index in [1.54, 1.807) is 24.3 Å². The lowest BCUT2D eigenvalue weighted by atomic mass is 10.1. The molecule has 0 N–H and O–H groups in total. The fourth-order valence-corrected chi connectivity index (χ4v) is 5.40. The molecule has 3 fully saturated rings. The van der Waals surface area contributed by atoms with Crippen LogP contribution in [0.4, 0.5) is 19.3 Å². The minimum absolute atomic E-state index is 0.146. The smallest absolute Gasteiger partial charge is 0.331 e. The van der Waals surface area contributed by atoms with E-state index in [4.69, 9.17) is 0 Å². The molecule has 3 aromatic rings. The van der Waals surface area contributed by atoms with Crippen molar-refractivity contribution in [2.24, 2.45) is 0 Å². The number of benzene rings is 2. The predicted molar refractivity (Wildman–Crippen MR) is 115 cm³/mol. The highest BCUT2D eigenvalue weighted by Crippen LogP contribution is 2.44. The van der Waals surface area contributed by atoms with E-state index < -0.39 is 47.6 Å². The molecule has 168 valence electrons. The summed E-state index contributed by atoms with van der Waals surface area (Å²) in [4.78, 5) is 48.0.